The first-order chi connectivity index (χ1) is 14.8. The Morgan fingerprint density at radius 1 is 1.17 bits per heavy atom. The first kappa shape index (κ1) is 20.4. The average molecular weight is 445 g/mol. The summed E-state index contributed by atoms with van der Waals surface area (Å²) in [7, 11) is 0. The molecule has 5 rings (SSSR count). The second-order valence-electron chi connectivity index (χ2n) is 8.02. The molecule has 0 unspecified atom stereocenters. The Bertz CT molecular complexity index is 899. The number of morpholine rings is 1. The number of hydrogen-bond donors (Lipinski definition) is 1. The van der Waals surface area contributed by atoms with Gasteiger partial charge in [-0.25, -0.2) is 4.98 Å². The summed E-state index contributed by atoms with van der Waals surface area (Å²) >= 11 is 3.70. The number of benzene rings is 1. The zero-order valence-corrected chi connectivity index (χ0v) is 19.0. The van der Waals surface area contributed by atoms with Gasteiger partial charge in [0, 0.05) is 61.1 Å². The number of hydrogen-bond acceptors (Lipinski definition) is 8. The normalized spacial score (nSPS) is 20.4. The molecule has 0 bridgehead atoms. The third-order valence-corrected chi connectivity index (χ3v) is 7.95. The second kappa shape index (κ2) is 8.94. The van der Waals surface area contributed by atoms with E-state index in [-0.39, 0.29) is 5.60 Å². The highest BCUT2D eigenvalue weighted by Gasteiger charge is 2.39. The molecule has 2 aromatic rings. The lowest BCUT2D eigenvalue weighted by Gasteiger charge is -2.44. The maximum absolute atomic E-state index is 6.21. The maximum Gasteiger partial charge on any atom is 0.227 e. The predicted molar refractivity (Wildman–Crippen MR) is 124 cm³/mol. The van der Waals surface area contributed by atoms with Crippen molar-refractivity contribution in [3.05, 3.63) is 41.1 Å². The molecule has 30 heavy (non-hydrogen) atoms. The molecule has 1 spiro atoms. The van der Waals surface area contributed by atoms with Crippen molar-refractivity contribution in [1.29, 1.82) is 0 Å². The van der Waals surface area contributed by atoms with E-state index in [4.69, 9.17) is 19.4 Å². The largest absolute Gasteiger partial charge is 0.381 e. The molecule has 0 amide bonds. The van der Waals surface area contributed by atoms with E-state index in [1.807, 2.05) is 11.8 Å². The molecule has 0 saturated carbocycles. The molecular weight excluding hydrogens is 416 g/mol. The molecular formula is C22H28N4O2S2. The van der Waals surface area contributed by atoms with Crippen LogP contribution in [-0.4, -0.2) is 54.7 Å². The highest BCUT2D eigenvalue weighted by atomic mass is 32.2. The van der Waals surface area contributed by atoms with Crippen LogP contribution < -0.4 is 10.2 Å². The van der Waals surface area contributed by atoms with Crippen LogP contribution in [0.5, 0.6) is 0 Å². The predicted octanol–water partition coefficient (Wildman–Crippen LogP) is 3.94. The number of aromatic nitrogens is 2. The van der Waals surface area contributed by atoms with E-state index in [0.29, 0.717) is 0 Å². The highest BCUT2D eigenvalue weighted by molar-refractivity contribution is 7.98. The summed E-state index contributed by atoms with van der Waals surface area (Å²) in [6, 6.07) is 8.56. The van der Waals surface area contributed by atoms with Crippen molar-refractivity contribution in [2.24, 2.45) is 0 Å². The Hall–Kier alpha value is -1.48. The number of rotatable bonds is 5. The summed E-state index contributed by atoms with van der Waals surface area (Å²) in [4.78, 5) is 13.6. The molecule has 1 N–H and O–H groups in total. The van der Waals surface area contributed by atoms with E-state index in [0.717, 1.165) is 75.6 Å². The van der Waals surface area contributed by atoms with Crippen molar-refractivity contribution in [1.82, 2.24) is 9.97 Å². The number of nitrogens with one attached hydrogen (secondary N) is 1. The van der Waals surface area contributed by atoms with Crippen molar-refractivity contribution in [2.45, 2.75) is 41.4 Å². The fourth-order valence-electron chi connectivity index (χ4n) is 4.42. The minimum Gasteiger partial charge on any atom is -0.381 e. The Balaban J connectivity index is 1.39. The maximum atomic E-state index is 6.21. The summed E-state index contributed by atoms with van der Waals surface area (Å²) < 4.78 is 11.8. The molecule has 3 aliphatic rings. The lowest BCUT2D eigenvalue weighted by molar-refractivity contribution is -0.116. The summed E-state index contributed by atoms with van der Waals surface area (Å²) in [5.41, 5.74) is 3.63. The van der Waals surface area contributed by atoms with Gasteiger partial charge in [0.15, 0.2) is 0 Å². The molecule has 1 aromatic heterocycles. The van der Waals surface area contributed by atoms with E-state index in [2.05, 4.69) is 40.7 Å². The van der Waals surface area contributed by atoms with Gasteiger partial charge in [0.05, 0.1) is 24.4 Å². The van der Waals surface area contributed by atoms with Crippen LogP contribution >= 0.6 is 23.5 Å². The van der Waals surface area contributed by atoms with Crippen LogP contribution in [0.4, 0.5) is 11.8 Å². The lowest BCUT2D eigenvalue weighted by atomic mass is 9.92. The van der Waals surface area contributed by atoms with Gasteiger partial charge in [-0.3, -0.25) is 0 Å². The molecule has 4 heterocycles. The van der Waals surface area contributed by atoms with Crippen molar-refractivity contribution in [3.8, 4) is 0 Å². The van der Waals surface area contributed by atoms with Gasteiger partial charge in [0.2, 0.25) is 5.95 Å². The smallest absolute Gasteiger partial charge is 0.227 e. The van der Waals surface area contributed by atoms with E-state index in [1.54, 1.807) is 11.8 Å². The highest BCUT2D eigenvalue weighted by Crippen LogP contribution is 2.36. The molecule has 160 valence electrons. The number of ether oxygens (including phenoxy) is 2. The van der Waals surface area contributed by atoms with E-state index < -0.39 is 0 Å². The monoisotopic (exact) mass is 444 g/mol. The van der Waals surface area contributed by atoms with Gasteiger partial charge in [-0.1, -0.05) is 18.2 Å². The Labute approximate surface area is 186 Å². The van der Waals surface area contributed by atoms with Gasteiger partial charge < -0.3 is 19.7 Å². The molecule has 0 atom stereocenters. The summed E-state index contributed by atoms with van der Waals surface area (Å²) in [6.07, 6.45) is 4.02. The van der Waals surface area contributed by atoms with Crippen molar-refractivity contribution in [2.75, 3.05) is 49.4 Å². The van der Waals surface area contributed by atoms with Crippen LogP contribution in [0.1, 0.15) is 29.7 Å². The number of thioether (sulfide) groups is 2. The van der Waals surface area contributed by atoms with Crippen LogP contribution in [0.25, 0.3) is 0 Å². The lowest BCUT2D eigenvalue weighted by Crippen LogP contribution is -2.55. The van der Waals surface area contributed by atoms with Crippen LogP contribution in [0.3, 0.4) is 0 Å². The van der Waals surface area contributed by atoms with E-state index in [9.17, 15) is 0 Å². The number of anilines is 2. The molecule has 3 aliphatic heterocycles. The van der Waals surface area contributed by atoms with E-state index >= 15 is 0 Å². The van der Waals surface area contributed by atoms with Gasteiger partial charge in [0.25, 0.3) is 0 Å². The number of fused-ring (bicyclic) bond motifs is 1. The number of nitrogens with zero attached hydrogens (tertiary/aromatic N) is 3. The minimum atomic E-state index is -0.113. The Morgan fingerprint density at radius 3 is 2.90 bits per heavy atom. The topological polar surface area (TPSA) is 59.5 Å². The third-order valence-electron chi connectivity index (χ3n) is 6.14. The summed E-state index contributed by atoms with van der Waals surface area (Å²) in [5.74, 6) is 3.77. The zero-order chi connectivity index (χ0) is 20.4. The van der Waals surface area contributed by atoms with Gasteiger partial charge >= 0.3 is 0 Å². The minimum absolute atomic E-state index is 0.113. The Kier molecular flexibility index (Phi) is 6.09. The molecule has 1 aromatic carbocycles. The Morgan fingerprint density at radius 2 is 2.03 bits per heavy atom. The first-order valence-electron chi connectivity index (χ1n) is 10.6. The molecule has 0 radical (unpaired) electrons. The molecule has 2 fully saturated rings. The van der Waals surface area contributed by atoms with Crippen molar-refractivity contribution < 1.29 is 9.47 Å². The SMILES string of the molecule is CSc1ccccc1CNc1nc(N2CCOC3(CCOCC3)C2)nc2c1CSC2. The first-order valence-corrected chi connectivity index (χ1v) is 12.9. The molecule has 2 saturated heterocycles. The van der Waals surface area contributed by atoms with Crippen LogP contribution in [0.2, 0.25) is 0 Å². The molecule has 0 aliphatic carbocycles. The van der Waals surface area contributed by atoms with Gasteiger partial charge in [-0.15, -0.1) is 11.8 Å². The van der Waals surface area contributed by atoms with Gasteiger partial charge in [-0.05, 0) is 17.9 Å². The molecule has 8 heteroatoms. The summed E-state index contributed by atoms with van der Waals surface area (Å²) in [5, 5.41) is 3.63. The van der Waals surface area contributed by atoms with Crippen LogP contribution in [0.15, 0.2) is 29.2 Å². The zero-order valence-electron chi connectivity index (χ0n) is 17.4. The van der Waals surface area contributed by atoms with Crippen LogP contribution in [0, 0.1) is 0 Å². The average Bonchev–Trinajstić information content (AvgIpc) is 3.27. The fourth-order valence-corrected chi connectivity index (χ4v) is 6.07. The molecule has 6 nitrogen and oxygen atoms in total. The van der Waals surface area contributed by atoms with Crippen LogP contribution in [-0.2, 0) is 27.5 Å². The third kappa shape index (κ3) is 4.15. The van der Waals surface area contributed by atoms with Crippen molar-refractivity contribution >= 4 is 35.3 Å². The fraction of sp³-hybridized carbons (Fsp3) is 0.545. The second-order valence-corrected chi connectivity index (χ2v) is 9.85. The van der Waals surface area contributed by atoms with Gasteiger partial charge in [0.1, 0.15) is 5.82 Å². The quantitative estimate of drug-likeness (QED) is 0.696. The van der Waals surface area contributed by atoms with E-state index in [1.165, 1.54) is 21.7 Å². The standard InChI is InChI=1S/C22H28N4O2S2/c1-29-19-5-3-2-4-16(19)12-23-20-17-13-30-14-18(17)24-21(25-20)26-8-11-28-22(15-26)6-9-27-10-7-22/h2-5H,6-15H2,1H3,(H,23,24,25). The summed E-state index contributed by atoms with van der Waals surface area (Å²) in [6.45, 7) is 4.72. The van der Waals surface area contributed by atoms with Gasteiger partial charge in [-0.2, -0.15) is 16.7 Å². The van der Waals surface area contributed by atoms with Crippen molar-refractivity contribution in [3.63, 3.8) is 0 Å².